The third-order valence-corrected chi connectivity index (χ3v) is 7.55. The first kappa shape index (κ1) is 20.0. The highest BCUT2D eigenvalue weighted by molar-refractivity contribution is 7.10. The molecule has 1 spiro atoms. The standard InChI is InChI=1S/C22H24F3N3OS/c1-14-16(13-28(26-14)20-17(23)3-2-4-18(20)24)12-27-8-6-22(7-9-27)21-15(5-10-29-22)11-19(25)30-21/h3,11,13H,2,4-10,12H2,1H3. The summed E-state index contributed by atoms with van der Waals surface area (Å²) < 4.78 is 49.7. The quantitative estimate of drug-likeness (QED) is 0.660. The zero-order valence-corrected chi connectivity index (χ0v) is 17.7. The van der Waals surface area contributed by atoms with Gasteiger partial charge in [0.2, 0.25) is 0 Å². The van der Waals surface area contributed by atoms with Crippen molar-refractivity contribution in [1.82, 2.24) is 14.7 Å². The molecule has 1 saturated heterocycles. The minimum Gasteiger partial charge on any atom is -0.369 e. The minimum atomic E-state index is -0.554. The van der Waals surface area contributed by atoms with E-state index < -0.39 is 11.7 Å². The van der Waals surface area contributed by atoms with E-state index >= 15 is 0 Å². The Labute approximate surface area is 177 Å². The molecule has 0 saturated carbocycles. The summed E-state index contributed by atoms with van der Waals surface area (Å²) in [5.74, 6) is -1.02. The van der Waals surface area contributed by atoms with E-state index in [4.69, 9.17) is 4.74 Å². The number of fused-ring (bicyclic) bond motifs is 2. The molecule has 2 aromatic heterocycles. The molecule has 0 aromatic carbocycles. The molecule has 2 aromatic rings. The molecule has 2 aliphatic heterocycles. The van der Waals surface area contributed by atoms with Gasteiger partial charge in [-0.05, 0) is 50.3 Å². The number of ether oxygens (including phenoxy) is 1. The molecule has 0 amide bonds. The molecule has 4 nitrogen and oxygen atoms in total. The Morgan fingerprint density at radius 1 is 1.20 bits per heavy atom. The van der Waals surface area contributed by atoms with Crippen molar-refractivity contribution in [2.75, 3.05) is 19.7 Å². The number of halogens is 3. The number of piperidine rings is 1. The Morgan fingerprint density at radius 3 is 2.77 bits per heavy atom. The second-order valence-electron chi connectivity index (χ2n) is 8.30. The fourth-order valence-corrected chi connectivity index (χ4v) is 5.88. The van der Waals surface area contributed by atoms with Gasteiger partial charge in [-0.2, -0.15) is 9.49 Å². The summed E-state index contributed by atoms with van der Waals surface area (Å²) in [5.41, 5.74) is 2.37. The Kier molecular flexibility index (Phi) is 5.11. The fourth-order valence-electron chi connectivity index (χ4n) is 4.74. The number of likely N-dealkylation sites (tertiary alicyclic amines) is 1. The average Bonchev–Trinajstić information content (AvgIpc) is 3.27. The lowest BCUT2D eigenvalue weighted by atomic mass is 9.85. The van der Waals surface area contributed by atoms with Gasteiger partial charge >= 0.3 is 0 Å². The van der Waals surface area contributed by atoms with E-state index in [1.165, 1.54) is 22.1 Å². The number of hydrogen-bond acceptors (Lipinski definition) is 4. The molecule has 3 aliphatic rings. The van der Waals surface area contributed by atoms with Crippen molar-refractivity contribution in [2.24, 2.45) is 0 Å². The average molecular weight is 436 g/mol. The fraction of sp³-hybridized carbons (Fsp3) is 0.500. The molecule has 160 valence electrons. The molecule has 8 heteroatoms. The first-order chi connectivity index (χ1) is 14.4. The van der Waals surface area contributed by atoms with Gasteiger partial charge in [0.25, 0.3) is 0 Å². The zero-order valence-electron chi connectivity index (χ0n) is 16.9. The van der Waals surface area contributed by atoms with E-state index in [0.717, 1.165) is 54.0 Å². The lowest BCUT2D eigenvalue weighted by molar-refractivity contribution is -0.0960. The summed E-state index contributed by atoms with van der Waals surface area (Å²) >= 11 is 1.22. The number of aryl methyl sites for hydroxylation is 1. The monoisotopic (exact) mass is 435 g/mol. The van der Waals surface area contributed by atoms with Crippen molar-refractivity contribution in [3.05, 3.63) is 56.8 Å². The van der Waals surface area contributed by atoms with E-state index in [-0.39, 0.29) is 22.8 Å². The topological polar surface area (TPSA) is 30.3 Å². The number of nitrogens with zero attached hydrogens (tertiary/aromatic N) is 3. The first-order valence-corrected chi connectivity index (χ1v) is 11.2. The zero-order chi connectivity index (χ0) is 20.9. The SMILES string of the molecule is Cc1nn(C2=C(F)CCC=C2F)cc1CN1CCC2(CC1)OCCc1cc(F)sc12. The normalized spacial score (nSPS) is 21.8. The van der Waals surface area contributed by atoms with Gasteiger partial charge in [0.05, 0.1) is 12.3 Å². The van der Waals surface area contributed by atoms with Crippen LogP contribution in [0.2, 0.25) is 0 Å². The van der Waals surface area contributed by atoms with Gasteiger partial charge in [0, 0.05) is 42.7 Å². The first-order valence-electron chi connectivity index (χ1n) is 10.4. The van der Waals surface area contributed by atoms with Crippen LogP contribution in [0.4, 0.5) is 13.2 Å². The molecule has 4 heterocycles. The van der Waals surface area contributed by atoms with Crippen LogP contribution in [0.25, 0.3) is 5.70 Å². The van der Waals surface area contributed by atoms with E-state index in [1.807, 2.05) is 6.92 Å². The van der Waals surface area contributed by atoms with Crippen molar-refractivity contribution >= 4 is 17.0 Å². The largest absolute Gasteiger partial charge is 0.369 e. The second kappa shape index (κ2) is 7.66. The van der Waals surface area contributed by atoms with Gasteiger partial charge in [-0.1, -0.05) is 0 Å². The molecule has 1 fully saturated rings. The molecule has 0 atom stereocenters. The minimum absolute atomic E-state index is 0.0731. The van der Waals surface area contributed by atoms with E-state index in [1.54, 1.807) is 12.3 Å². The Balaban J connectivity index is 1.30. The number of thiophene rings is 1. The smallest absolute Gasteiger partial charge is 0.177 e. The molecule has 5 rings (SSSR count). The third-order valence-electron chi connectivity index (χ3n) is 6.40. The third kappa shape index (κ3) is 3.44. The molecular weight excluding hydrogens is 411 g/mol. The molecule has 0 N–H and O–H groups in total. The van der Waals surface area contributed by atoms with Gasteiger partial charge < -0.3 is 4.74 Å². The Bertz CT molecular complexity index is 1030. The predicted octanol–water partition coefficient (Wildman–Crippen LogP) is 5.24. The second-order valence-corrected chi connectivity index (χ2v) is 9.30. The van der Waals surface area contributed by atoms with Gasteiger partial charge in [-0.3, -0.25) is 4.90 Å². The summed E-state index contributed by atoms with van der Waals surface area (Å²) in [4.78, 5) is 3.36. The highest BCUT2D eigenvalue weighted by Gasteiger charge is 2.42. The van der Waals surface area contributed by atoms with E-state index in [0.29, 0.717) is 19.6 Å². The summed E-state index contributed by atoms with van der Waals surface area (Å²) in [6.45, 7) is 4.79. The molecule has 30 heavy (non-hydrogen) atoms. The number of allylic oxidation sites excluding steroid dienone is 4. The molecule has 0 bridgehead atoms. The van der Waals surface area contributed by atoms with Gasteiger partial charge in [-0.15, -0.1) is 11.3 Å². The maximum atomic E-state index is 14.2. The van der Waals surface area contributed by atoms with Crippen LogP contribution in [0.15, 0.2) is 30.0 Å². The highest BCUT2D eigenvalue weighted by atomic mass is 32.1. The van der Waals surface area contributed by atoms with Crippen molar-refractivity contribution in [1.29, 1.82) is 0 Å². The van der Waals surface area contributed by atoms with E-state index in [2.05, 4.69) is 10.00 Å². The maximum Gasteiger partial charge on any atom is 0.177 e. The van der Waals surface area contributed by atoms with Crippen LogP contribution < -0.4 is 0 Å². The lowest BCUT2D eigenvalue weighted by Gasteiger charge is -2.43. The predicted molar refractivity (Wildman–Crippen MR) is 110 cm³/mol. The van der Waals surface area contributed by atoms with Crippen LogP contribution in [0.3, 0.4) is 0 Å². The highest BCUT2D eigenvalue weighted by Crippen LogP contribution is 2.45. The van der Waals surface area contributed by atoms with Crippen molar-refractivity contribution in [3.63, 3.8) is 0 Å². The van der Waals surface area contributed by atoms with Crippen molar-refractivity contribution in [3.8, 4) is 0 Å². The lowest BCUT2D eigenvalue weighted by Crippen LogP contribution is -2.45. The van der Waals surface area contributed by atoms with Crippen LogP contribution in [0.1, 0.15) is 47.4 Å². The van der Waals surface area contributed by atoms with Crippen molar-refractivity contribution in [2.45, 2.75) is 51.2 Å². The van der Waals surface area contributed by atoms with Crippen LogP contribution in [-0.2, 0) is 23.3 Å². The van der Waals surface area contributed by atoms with Crippen molar-refractivity contribution < 1.29 is 17.9 Å². The summed E-state index contributed by atoms with van der Waals surface area (Å²) in [6.07, 6.45) is 6.12. The van der Waals surface area contributed by atoms with Crippen LogP contribution in [0.5, 0.6) is 0 Å². The Hall–Kier alpha value is -1.90. The van der Waals surface area contributed by atoms with E-state index in [9.17, 15) is 13.2 Å². The number of hydrogen-bond donors (Lipinski definition) is 0. The molecule has 0 radical (unpaired) electrons. The molecular formula is C22H24F3N3OS. The summed E-state index contributed by atoms with van der Waals surface area (Å²) in [6, 6.07) is 1.65. The number of rotatable bonds is 3. The van der Waals surface area contributed by atoms with Crippen LogP contribution in [0, 0.1) is 12.1 Å². The molecule has 1 aliphatic carbocycles. The summed E-state index contributed by atoms with van der Waals surface area (Å²) in [5, 5.41) is 4.23. The maximum absolute atomic E-state index is 14.2. The van der Waals surface area contributed by atoms with Crippen LogP contribution >= 0.6 is 11.3 Å². The van der Waals surface area contributed by atoms with Gasteiger partial charge in [0.15, 0.2) is 5.13 Å². The Morgan fingerprint density at radius 2 is 2.00 bits per heavy atom. The molecule has 0 unspecified atom stereocenters. The van der Waals surface area contributed by atoms with Gasteiger partial charge in [-0.25, -0.2) is 13.5 Å². The summed E-state index contributed by atoms with van der Waals surface area (Å²) in [7, 11) is 0. The van der Waals surface area contributed by atoms with Crippen LogP contribution in [-0.4, -0.2) is 34.4 Å². The number of aromatic nitrogens is 2. The van der Waals surface area contributed by atoms with Gasteiger partial charge in [0.1, 0.15) is 23.0 Å².